The molecule has 0 rings (SSSR count). The van der Waals surface area contributed by atoms with Gasteiger partial charge in [0.1, 0.15) is 6.61 Å². The number of hydrogen-bond donors (Lipinski definition) is 1. The average molecular weight is 811 g/mol. The number of carbonyl (C=O) groups excluding carboxylic acids is 2. The molecule has 0 aliphatic heterocycles. The highest BCUT2D eigenvalue weighted by Gasteiger charge is 2.16. The molecule has 0 fully saturated rings. The highest BCUT2D eigenvalue weighted by atomic mass is 16.6. The molecule has 0 saturated heterocycles. The van der Waals surface area contributed by atoms with Gasteiger partial charge in [0, 0.05) is 12.8 Å². The molecule has 0 aromatic rings. The maximum Gasteiger partial charge on any atom is 0.306 e. The summed E-state index contributed by atoms with van der Waals surface area (Å²) in [5.74, 6) is -0.583. The number of hydrogen-bond acceptors (Lipinski definition) is 5. The zero-order valence-corrected chi connectivity index (χ0v) is 38.3. The predicted octanol–water partition coefficient (Wildman–Crippen LogP) is 16.3. The van der Waals surface area contributed by atoms with Crippen molar-refractivity contribution in [1.29, 1.82) is 0 Å². The lowest BCUT2D eigenvalue weighted by Crippen LogP contribution is -2.28. The van der Waals surface area contributed by atoms with Crippen molar-refractivity contribution in [3.63, 3.8) is 0 Å². The van der Waals surface area contributed by atoms with E-state index in [0.29, 0.717) is 12.8 Å². The van der Waals surface area contributed by atoms with E-state index in [1.165, 1.54) is 148 Å². The summed E-state index contributed by atoms with van der Waals surface area (Å²) in [4.78, 5) is 24.3. The van der Waals surface area contributed by atoms with E-state index in [-0.39, 0.29) is 25.2 Å². The lowest BCUT2D eigenvalue weighted by molar-refractivity contribution is -0.161. The van der Waals surface area contributed by atoms with E-state index in [1.54, 1.807) is 0 Å². The van der Waals surface area contributed by atoms with Gasteiger partial charge in [-0.3, -0.25) is 9.59 Å². The Kier molecular flexibility index (Phi) is 46.9. The van der Waals surface area contributed by atoms with Crippen molar-refractivity contribution in [1.82, 2.24) is 0 Å². The summed E-state index contributed by atoms with van der Waals surface area (Å²) in [7, 11) is 0. The molecule has 5 nitrogen and oxygen atoms in total. The highest BCUT2D eigenvalue weighted by Crippen LogP contribution is 2.16. The Morgan fingerprint density at radius 2 is 0.741 bits per heavy atom. The largest absolute Gasteiger partial charge is 0.462 e. The summed E-state index contributed by atoms with van der Waals surface area (Å²) >= 11 is 0. The van der Waals surface area contributed by atoms with Crippen molar-refractivity contribution in [3.05, 3.63) is 60.8 Å². The molecule has 0 radical (unpaired) electrons. The van der Waals surface area contributed by atoms with Gasteiger partial charge in [-0.1, -0.05) is 235 Å². The first kappa shape index (κ1) is 55.6. The lowest BCUT2D eigenvalue weighted by Gasteiger charge is -2.15. The average Bonchev–Trinajstić information content (AvgIpc) is 3.23. The second-order valence-corrected chi connectivity index (χ2v) is 16.5. The zero-order chi connectivity index (χ0) is 42.1. The lowest BCUT2D eigenvalue weighted by atomic mass is 10.0. The van der Waals surface area contributed by atoms with Crippen LogP contribution in [0.2, 0.25) is 0 Å². The Balaban J connectivity index is 3.44. The minimum absolute atomic E-state index is 0.0625. The second kappa shape index (κ2) is 49.0. The SMILES string of the molecule is CC/C=C\C/C=C\C/C=C\C/C=C\C/C=C\CCCCCCCCCCCCCCCCCCCC(=O)OC(CO)COC(=O)CCCCCCCCCCCCC. The van der Waals surface area contributed by atoms with Gasteiger partial charge in [0.05, 0.1) is 6.61 Å². The Hall–Kier alpha value is -2.40. The number of esters is 2. The molecule has 0 aliphatic rings. The van der Waals surface area contributed by atoms with Crippen LogP contribution >= 0.6 is 0 Å². The van der Waals surface area contributed by atoms with E-state index in [4.69, 9.17) is 9.47 Å². The van der Waals surface area contributed by atoms with Gasteiger partial charge in [-0.2, -0.15) is 0 Å². The summed E-state index contributed by atoms with van der Waals surface area (Å²) in [6.45, 7) is 4.03. The number of allylic oxidation sites excluding steroid dienone is 10. The van der Waals surface area contributed by atoms with Crippen molar-refractivity contribution in [2.24, 2.45) is 0 Å². The molecule has 0 saturated carbocycles. The highest BCUT2D eigenvalue weighted by molar-refractivity contribution is 5.70. The number of ether oxygens (including phenoxy) is 2. The van der Waals surface area contributed by atoms with Crippen molar-refractivity contribution >= 4 is 11.9 Å². The summed E-state index contributed by atoms with van der Waals surface area (Å²) in [6.07, 6.45) is 64.7. The molecule has 0 bridgehead atoms. The van der Waals surface area contributed by atoms with Crippen molar-refractivity contribution in [2.75, 3.05) is 13.2 Å². The van der Waals surface area contributed by atoms with Gasteiger partial charge in [0.2, 0.25) is 0 Å². The van der Waals surface area contributed by atoms with E-state index in [0.717, 1.165) is 70.6 Å². The molecule has 1 N–H and O–H groups in total. The Bertz CT molecular complexity index is 1010. The van der Waals surface area contributed by atoms with Crippen LogP contribution in [0.3, 0.4) is 0 Å². The van der Waals surface area contributed by atoms with Crippen LogP contribution in [-0.4, -0.2) is 36.4 Å². The fourth-order valence-electron chi connectivity index (χ4n) is 7.11. The minimum Gasteiger partial charge on any atom is -0.462 e. The number of aliphatic hydroxyl groups excluding tert-OH is 1. The fraction of sp³-hybridized carbons (Fsp3) is 0.774. The molecule has 0 amide bonds. The van der Waals surface area contributed by atoms with Gasteiger partial charge in [-0.15, -0.1) is 0 Å². The topological polar surface area (TPSA) is 72.8 Å². The summed E-state index contributed by atoms with van der Waals surface area (Å²) in [5.41, 5.74) is 0. The van der Waals surface area contributed by atoms with E-state index in [2.05, 4.69) is 74.6 Å². The third-order valence-corrected chi connectivity index (χ3v) is 10.8. The predicted molar refractivity (Wildman–Crippen MR) is 251 cm³/mol. The van der Waals surface area contributed by atoms with Gasteiger partial charge < -0.3 is 14.6 Å². The van der Waals surface area contributed by atoms with E-state index in [9.17, 15) is 14.7 Å². The van der Waals surface area contributed by atoms with Crippen molar-refractivity contribution < 1.29 is 24.2 Å². The molecule has 58 heavy (non-hydrogen) atoms. The number of carbonyl (C=O) groups is 2. The van der Waals surface area contributed by atoms with Gasteiger partial charge in [-0.25, -0.2) is 0 Å². The summed E-state index contributed by atoms with van der Waals surface area (Å²) < 4.78 is 10.6. The number of aliphatic hydroxyl groups is 1. The molecule has 336 valence electrons. The first-order valence-corrected chi connectivity index (χ1v) is 24.8. The maximum atomic E-state index is 12.2. The smallest absolute Gasteiger partial charge is 0.306 e. The molecular formula is C53H94O5. The standard InChI is InChI=1S/C53H94O5/c1-3-5-7-9-11-13-15-16-17-18-19-20-21-22-23-24-25-26-27-28-29-30-31-32-33-34-35-36-38-40-42-44-46-48-53(56)58-51(49-54)50-57-52(55)47-45-43-41-39-37-14-12-10-8-6-4-2/h5,7,11,13,16-17,19-20,22-23,51,54H,3-4,6,8-10,12,14-15,18,21,24-50H2,1-2H3/b7-5-,13-11-,17-16-,20-19-,23-22-. The molecule has 5 heteroatoms. The normalized spacial score (nSPS) is 12.7. The third-order valence-electron chi connectivity index (χ3n) is 10.8. The van der Waals surface area contributed by atoms with Crippen LogP contribution in [0, 0.1) is 0 Å². The molecule has 0 heterocycles. The van der Waals surface area contributed by atoms with Gasteiger partial charge >= 0.3 is 11.9 Å². The van der Waals surface area contributed by atoms with Crippen LogP contribution in [0.15, 0.2) is 60.8 Å². The number of unbranched alkanes of at least 4 members (excludes halogenated alkanes) is 27. The third kappa shape index (κ3) is 46.3. The first-order valence-electron chi connectivity index (χ1n) is 24.8. The van der Waals surface area contributed by atoms with Gasteiger partial charge in [0.15, 0.2) is 6.10 Å². The quantitative estimate of drug-likeness (QED) is 0.0377. The first-order chi connectivity index (χ1) is 28.6. The van der Waals surface area contributed by atoms with E-state index in [1.807, 2.05) is 0 Å². The van der Waals surface area contributed by atoms with Gasteiger partial charge in [-0.05, 0) is 57.8 Å². The molecule has 0 aromatic carbocycles. The van der Waals surface area contributed by atoms with Crippen molar-refractivity contribution in [3.8, 4) is 0 Å². The second-order valence-electron chi connectivity index (χ2n) is 16.5. The zero-order valence-electron chi connectivity index (χ0n) is 38.3. The Labute approximate surface area is 360 Å². The molecule has 1 atom stereocenters. The summed E-state index contributed by atoms with van der Waals surface area (Å²) in [6, 6.07) is 0. The van der Waals surface area contributed by atoms with Crippen LogP contribution < -0.4 is 0 Å². The molecule has 0 aliphatic carbocycles. The van der Waals surface area contributed by atoms with Crippen LogP contribution in [-0.2, 0) is 19.1 Å². The van der Waals surface area contributed by atoms with E-state index < -0.39 is 6.10 Å². The molecule has 1 unspecified atom stereocenters. The summed E-state index contributed by atoms with van der Waals surface area (Å²) in [5, 5.41) is 9.58. The molecule has 0 aromatic heterocycles. The van der Waals surface area contributed by atoms with Crippen LogP contribution in [0.5, 0.6) is 0 Å². The Morgan fingerprint density at radius 3 is 1.12 bits per heavy atom. The van der Waals surface area contributed by atoms with Crippen molar-refractivity contribution in [2.45, 2.75) is 251 Å². The van der Waals surface area contributed by atoms with Crippen LogP contribution in [0.4, 0.5) is 0 Å². The monoisotopic (exact) mass is 811 g/mol. The Morgan fingerprint density at radius 1 is 0.414 bits per heavy atom. The van der Waals surface area contributed by atoms with E-state index >= 15 is 0 Å². The fourth-order valence-corrected chi connectivity index (χ4v) is 7.11. The van der Waals surface area contributed by atoms with Crippen LogP contribution in [0.25, 0.3) is 0 Å². The maximum absolute atomic E-state index is 12.2. The van der Waals surface area contributed by atoms with Gasteiger partial charge in [0.25, 0.3) is 0 Å². The number of rotatable bonds is 45. The minimum atomic E-state index is -0.768. The van der Waals surface area contributed by atoms with Crippen LogP contribution in [0.1, 0.15) is 245 Å². The molecular weight excluding hydrogens is 717 g/mol. The molecule has 0 spiro atoms.